The lowest BCUT2D eigenvalue weighted by molar-refractivity contribution is -0.270. The van der Waals surface area contributed by atoms with E-state index in [1.165, 1.54) is 11.6 Å². The molecule has 2 saturated heterocycles. The molecule has 0 radical (unpaired) electrons. The first-order valence-electron chi connectivity index (χ1n) is 17.9. The minimum atomic E-state index is -1.38. The average molecular weight is 709 g/mol. The van der Waals surface area contributed by atoms with Crippen LogP contribution in [0.25, 0.3) is 39.0 Å². The van der Waals surface area contributed by atoms with Gasteiger partial charge >= 0.3 is 11.6 Å². The summed E-state index contributed by atoms with van der Waals surface area (Å²) in [7, 11) is 0. The summed E-state index contributed by atoms with van der Waals surface area (Å²) >= 11 is 0. The Balaban J connectivity index is 0.918. The second-order valence-corrected chi connectivity index (χ2v) is 15.0. The maximum atomic E-state index is 11.8. The fourth-order valence-corrected chi connectivity index (χ4v) is 7.13. The predicted octanol–water partition coefficient (Wildman–Crippen LogP) is 9.63. The summed E-state index contributed by atoms with van der Waals surface area (Å²) in [6.45, 7) is 13.3. The number of hydrogen-bond donors (Lipinski definition) is 0. The van der Waals surface area contributed by atoms with Crippen LogP contribution in [0, 0.1) is 0 Å². The third kappa shape index (κ3) is 6.66. The van der Waals surface area contributed by atoms with E-state index in [-0.39, 0.29) is 11.7 Å². The summed E-state index contributed by atoms with van der Waals surface area (Å²) in [5.74, 6) is 0.495. The van der Waals surface area contributed by atoms with E-state index >= 15 is 0 Å². The lowest BCUT2D eigenvalue weighted by Crippen LogP contribution is -2.38. The van der Waals surface area contributed by atoms with Gasteiger partial charge in [-0.05, 0) is 104 Å². The van der Waals surface area contributed by atoms with Crippen molar-refractivity contribution in [3.05, 3.63) is 94.3 Å². The zero-order valence-electron chi connectivity index (χ0n) is 30.4. The number of rotatable bonds is 12. The van der Waals surface area contributed by atoms with E-state index in [1.54, 1.807) is 24.7 Å². The molecule has 0 amide bonds. The van der Waals surface area contributed by atoms with Gasteiger partial charge in [0, 0.05) is 24.3 Å². The van der Waals surface area contributed by atoms with Gasteiger partial charge in [0.15, 0.2) is 0 Å². The summed E-state index contributed by atoms with van der Waals surface area (Å²) in [6.07, 6.45) is 14.7. The lowest BCUT2D eigenvalue weighted by Gasteiger charge is -2.30. The molecule has 3 aliphatic rings. The maximum absolute atomic E-state index is 11.8. The Morgan fingerprint density at radius 2 is 1.35 bits per heavy atom. The second kappa shape index (κ2) is 13.0. The molecule has 10 heteroatoms. The molecule has 1 unspecified atom stereocenters. The molecule has 2 fully saturated rings. The molecule has 10 nitrogen and oxygen atoms in total. The van der Waals surface area contributed by atoms with Gasteiger partial charge in [-0.2, -0.15) is 0 Å². The normalized spacial score (nSPS) is 23.4. The van der Waals surface area contributed by atoms with Crippen LogP contribution < -0.4 is 19.8 Å². The van der Waals surface area contributed by atoms with Crippen molar-refractivity contribution in [2.45, 2.75) is 96.6 Å². The van der Waals surface area contributed by atoms with Gasteiger partial charge in [0.1, 0.15) is 47.2 Å². The quantitative estimate of drug-likeness (QED) is 0.0705. The third-order valence-corrected chi connectivity index (χ3v) is 10.3. The molecule has 2 aromatic carbocycles. The number of ether oxygens (including phenoxy) is 6. The van der Waals surface area contributed by atoms with Crippen molar-refractivity contribution in [2.24, 2.45) is 0 Å². The number of fused-ring (bicyclic) bond motifs is 4. The van der Waals surface area contributed by atoms with E-state index in [2.05, 4.69) is 33.8 Å². The van der Waals surface area contributed by atoms with Crippen LogP contribution in [0.2, 0.25) is 0 Å². The summed E-state index contributed by atoms with van der Waals surface area (Å²) in [5.41, 5.74) is 3.83. The monoisotopic (exact) mass is 708 g/mol. The summed E-state index contributed by atoms with van der Waals surface area (Å²) in [4.78, 5) is 11.8. The first-order valence-corrected chi connectivity index (χ1v) is 17.9. The predicted molar refractivity (Wildman–Crippen MR) is 197 cm³/mol. The molecule has 3 atom stereocenters. The molecular formula is C42H44O10. The van der Waals surface area contributed by atoms with Gasteiger partial charge < -0.3 is 41.7 Å². The van der Waals surface area contributed by atoms with Crippen LogP contribution in [0.1, 0.15) is 72.8 Å². The van der Waals surface area contributed by atoms with Crippen molar-refractivity contribution in [1.29, 1.82) is 0 Å². The highest BCUT2D eigenvalue weighted by molar-refractivity contribution is 6.01. The zero-order valence-corrected chi connectivity index (χ0v) is 30.4. The molecule has 1 spiro atoms. The smallest absolute Gasteiger partial charge is 0.350 e. The molecule has 0 N–H and O–H groups in total. The molecule has 52 heavy (non-hydrogen) atoms. The number of hydrogen-bond acceptors (Lipinski definition) is 10. The lowest BCUT2D eigenvalue weighted by atomic mass is 9.96. The molecule has 8 rings (SSSR count). The first kappa shape index (κ1) is 34.3. The Morgan fingerprint density at radius 1 is 0.750 bits per heavy atom. The fraction of sp³-hybridized carbons (Fsp3) is 0.405. The Kier molecular flexibility index (Phi) is 8.59. The Bertz CT molecular complexity index is 2300. The Morgan fingerprint density at radius 3 is 2.02 bits per heavy atom. The first-order chi connectivity index (χ1) is 24.9. The van der Waals surface area contributed by atoms with Gasteiger partial charge in [0.05, 0.1) is 57.7 Å². The van der Waals surface area contributed by atoms with Gasteiger partial charge in [-0.25, -0.2) is 4.79 Å². The molecule has 0 aliphatic carbocycles. The molecular weight excluding hydrogens is 664 g/mol. The highest BCUT2D eigenvalue weighted by Gasteiger charge is 2.54. The maximum Gasteiger partial charge on any atom is 0.350 e. The summed E-state index contributed by atoms with van der Waals surface area (Å²) < 4.78 is 54.7. The van der Waals surface area contributed by atoms with Gasteiger partial charge in [0.25, 0.3) is 0 Å². The van der Waals surface area contributed by atoms with E-state index in [1.807, 2.05) is 50.3 Å². The van der Waals surface area contributed by atoms with Crippen LogP contribution in [0.3, 0.4) is 0 Å². The van der Waals surface area contributed by atoms with Crippen LogP contribution in [0.15, 0.2) is 96.3 Å². The average Bonchev–Trinajstić information content (AvgIpc) is 3.49. The van der Waals surface area contributed by atoms with Crippen molar-refractivity contribution in [3.63, 3.8) is 0 Å². The van der Waals surface area contributed by atoms with Crippen LogP contribution >= 0.6 is 0 Å². The van der Waals surface area contributed by atoms with Gasteiger partial charge in [-0.1, -0.05) is 11.1 Å². The molecule has 0 saturated carbocycles. The zero-order chi connectivity index (χ0) is 36.3. The molecule has 3 aliphatic heterocycles. The van der Waals surface area contributed by atoms with Crippen molar-refractivity contribution >= 4 is 39.0 Å². The van der Waals surface area contributed by atoms with E-state index in [9.17, 15) is 4.79 Å². The highest BCUT2D eigenvalue weighted by Crippen LogP contribution is 2.48. The van der Waals surface area contributed by atoms with Crippen LogP contribution in [-0.2, 0) is 14.2 Å². The van der Waals surface area contributed by atoms with E-state index < -0.39 is 17.2 Å². The molecule has 3 aromatic heterocycles. The number of epoxide rings is 1. The SMILES string of the molecule is C/C(=C\COc1c2c(cc3occc13)O[C@@]1(C=C2)O[C@H](CC/C(C)=C/COc2c3ccoc3cc3oc(=O)ccc23)C(C)(C)O1)CCC1OC1(C)C. The van der Waals surface area contributed by atoms with E-state index in [0.717, 1.165) is 41.2 Å². The molecule has 6 heterocycles. The van der Waals surface area contributed by atoms with E-state index in [0.29, 0.717) is 65.1 Å². The van der Waals surface area contributed by atoms with Gasteiger partial charge in [0.2, 0.25) is 0 Å². The number of furan rings is 2. The largest absolute Gasteiger partial charge is 0.488 e. The van der Waals surface area contributed by atoms with Crippen molar-refractivity contribution in [3.8, 4) is 17.2 Å². The van der Waals surface area contributed by atoms with Crippen LogP contribution in [0.4, 0.5) is 0 Å². The Labute approximate surface area is 301 Å². The third-order valence-electron chi connectivity index (χ3n) is 10.3. The van der Waals surface area contributed by atoms with Crippen molar-refractivity contribution < 1.29 is 41.7 Å². The number of benzene rings is 2. The molecule has 0 bridgehead atoms. The fourth-order valence-electron chi connectivity index (χ4n) is 7.13. The van der Waals surface area contributed by atoms with Gasteiger partial charge in [-0.3, -0.25) is 0 Å². The van der Waals surface area contributed by atoms with Crippen LogP contribution in [-0.4, -0.2) is 42.6 Å². The van der Waals surface area contributed by atoms with Crippen molar-refractivity contribution in [1.82, 2.24) is 0 Å². The Hall–Kier alpha value is -4.77. The highest BCUT2D eigenvalue weighted by atomic mass is 16.9. The minimum absolute atomic E-state index is 0.00205. The summed E-state index contributed by atoms with van der Waals surface area (Å²) in [6, 6.07) is 10.4. The summed E-state index contributed by atoms with van der Waals surface area (Å²) in [5, 5.41) is 2.40. The van der Waals surface area contributed by atoms with Crippen molar-refractivity contribution in [2.75, 3.05) is 13.2 Å². The molecule has 272 valence electrons. The second-order valence-electron chi connectivity index (χ2n) is 15.0. The minimum Gasteiger partial charge on any atom is -0.488 e. The van der Waals surface area contributed by atoms with Gasteiger partial charge in [-0.15, -0.1) is 0 Å². The number of allylic oxidation sites excluding steroid dienone is 2. The molecule has 5 aromatic rings. The topological polar surface area (TPSA) is 115 Å². The standard InChI is InChI=1S/C42H44O10/c1-25(7-10-35-40(3,4)50-35)15-20-47-39-28-13-18-42(49-34(28)24-32-30(39)17-22-45-32)51-36(41(5,6)52-42)11-8-26(2)14-19-46-38-27-9-12-37(43)48-33(27)23-31-29(38)16-21-44-31/h9,12-18,21-24,35-36H,7-8,10-11,19-20H2,1-6H3/b25-15+,26-14+/t35?,36-,42+/m1/s1. The van der Waals surface area contributed by atoms with Crippen LogP contribution in [0.5, 0.6) is 17.2 Å². The van der Waals surface area contributed by atoms with E-state index in [4.69, 9.17) is 41.7 Å².